The summed E-state index contributed by atoms with van der Waals surface area (Å²) < 4.78 is 13.5. The molecule has 0 heterocycles. The second-order valence-electron chi connectivity index (χ2n) is 5.65. The average molecular weight is 262 g/mol. The van der Waals surface area contributed by atoms with Gasteiger partial charge in [-0.25, -0.2) is 4.39 Å². The highest BCUT2D eigenvalue weighted by Crippen LogP contribution is 2.21. The summed E-state index contributed by atoms with van der Waals surface area (Å²) in [4.78, 5) is 0. The predicted molar refractivity (Wildman–Crippen MR) is 76.1 cm³/mol. The molecule has 0 aliphatic rings. The number of unbranched alkanes of at least 4 members (excludes halogenated alkanes) is 1. The van der Waals surface area contributed by atoms with Crippen molar-refractivity contribution in [1.29, 1.82) is 5.26 Å². The Hall–Kier alpha value is -1.40. The third-order valence-corrected chi connectivity index (χ3v) is 3.35. The molecular formula is C16H23FN2. The summed E-state index contributed by atoms with van der Waals surface area (Å²) in [7, 11) is 0. The monoisotopic (exact) mass is 262 g/mol. The first-order chi connectivity index (χ1) is 8.96. The van der Waals surface area contributed by atoms with Crippen LogP contribution in [0.2, 0.25) is 0 Å². The molecule has 3 heteroatoms. The molecule has 0 spiro atoms. The molecule has 0 aliphatic heterocycles. The summed E-state index contributed by atoms with van der Waals surface area (Å²) in [5.74, 6) is -0.159. The maximum Gasteiger partial charge on any atom is 0.127 e. The molecule has 1 aromatic carbocycles. The van der Waals surface area contributed by atoms with Crippen molar-refractivity contribution in [2.45, 2.75) is 46.1 Å². The van der Waals surface area contributed by atoms with Crippen LogP contribution in [-0.4, -0.2) is 6.54 Å². The number of hydrogen-bond donors (Lipinski definition) is 1. The van der Waals surface area contributed by atoms with Gasteiger partial charge in [0.05, 0.1) is 11.5 Å². The molecule has 1 N–H and O–H groups in total. The molecule has 2 nitrogen and oxygen atoms in total. The summed E-state index contributed by atoms with van der Waals surface area (Å²) >= 11 is 0. The first kappa shape index (κ1) is 15.7. The van der Waals surface area contributed by atoms with E-state index in [0.717, 1.165) is 25.8 Å². The molecule has 0 bridgehead atoms. The van der Waals surface area contributed by atoms with Crippen molar-refractivity contribution in [3.63, 3.8) is 0 Å². The molecule has 0 saturated heterocycles. The highest BCUT2D eigenvalue weighted by Gasteiger charge is 2.15. The van der Waals surface area contributed by atoms with Crippen molar-refractivity contribution in [2.75, 3.05) is 6.54 Å². The highest BCUT2D eigenvalue weighted by atomic mass is 19.1. The quantitative estimate of drug-likeness (QED) is 0.748. The lowest BCUT2D eigenvalue weighted by Crippen LogP contribution is -2.21. The summed E-state index contributed by atoms with van der Waals surface area (Å²) in [5, 5.41) is 12.2. The molecule has 1 aromatic rings. The second kappa shape index (κ2) is 7.25. The lowest BCUT2D eigenvalue weighted by Gasteiger charge is -2.17. The molecule has 0 aromatic heterocycles. The number of halogens is 1. The summed E-state index contributed by atoms with van der Waals surface area (Å²) in [6.07, 6.45) is 2.92. The Kier molecular flexibility index (Phi) is 5.98. The van der Waals surface area contributed by atoms with E-state index in [9.17, 15) is 4.39 Å². The first-order valence-corrected chi connectivity index (χ1v) is 6.85. The molecule has 19 heavy (non-hydrogen) atoms. The molecule has 1 atom stereocenters. The van der Waals surface area contributed by atoms with E-state index in [0.29, 0.717) is 5.56 Å². The number of nitrogens with one attached hydrogen (secondary N) is 1. The summed E-state index contributed by atoms with van der Waals surface area (Å²) in [6.45, 7) is 6.74. The van der Waals surface area contributed by atoms with Crippen molar-refractivity contribution in [3.05, 3.63) is 35.6 Å². The number of rotatable bonds is 7. The van der Waals surface area contributed by atoms with Gasteiger partial charge in [0.25, 0.3) is 0 Å². The van der Waals surface area contributed by atoms with E-state index < -0.39 is 0 Å². The van der Waals surface area contributed by atoms with Crippen LogP contribution in [0.1, 0.15) is 51.6 Å². The Morgan fingerprint density at radius 1 is 1.32 bits per heavy atom. The lowest BCUT2D eigenvalue weighted by atomic mass is 9.89. The van der Waals surface area contributed by atoms with Crippen molar-refractivity contribution in [2.24, 2.45) is 5.41 Å². The lowest BCUT2D eigenvalue weighted by molar-refractivity contribution is 0.416. The van der Waals surface area contributed by atoms with Crippen LogP contribution < -0.4 is 5.32 Å². The third-order valence-electron chi connectivity index (χ3n) is 3.35. The van der Waals surface area contributed by atoms with Gasteiger partial charge < -0.3 is 5.32 Å². The summed E-state index contributed by atoms with van der Waals surface area (Å²) in [6, 6.07) is 9.18. The van der Waals surface area contributed by atoms with Gasteiger partial charge in [-0.2, -0.15) is 5.26 Å². The van der Waals surface area contributed by atoms with Crippen molar-refractivity contribution in [3.8, 4) is 6.07 Å². The number of nitriles is 1. The molecule has 104 valence electrons. The zero-order valence-corrected chi connectivity index (χ0v) is 12.0. The Morgan fingerprint density at radius 2 is 2.00 bits per heavy atom. The minimum Gasteiger partial charge on any atom is -0.310 e. The minimum atomic E-state index is -0.239. The van der Waals surface area contributed by atoms with E-state index in [-0.39, 0.29) is 17.3 Å². The van der Waals surface area contributed by atoms with Crippen LogP contribution >= 0.6 is 0 Å². The smallest absolute Gasteiger partial charge is 0.127 e. The Balaban J connectivity index is 2.27. The van der Waals surface area contributed by atoms with Crippen molar-refractivity contribution >= 4 is 0 Å². The van der Waals surface area contributed by atoms with Gasteiger partial charge in [0, 0.05) is 11.6 Å². The standard InChI is InChI=1S/C16H23FN2/c1-13(14-8-4-5-9-15(14)17)19-11-7-6-10-16(2,3)12-18/h4-5,8-9,13,19H,6-7,10-11H2,1-3H3. The molecule has 1 unspecified atom stereocenters. The molecule has 1 rings (SSSR count). The minimum absolute atomic E-state index is 0.0187. The maximum atomic E-state index is 13.5. The third kappa shape index (κ3) is 5.40. The average Bonchev–Trinajstić information content (AvgIpc) is 2.38. The van der Waals surface area contributed by atoms with Gasteiger partial charge in [0.15, 0.2) is 0 Å². The fourth-order valence-electron chi connectivity index (χ4n) is 2.00. The van der Waals surface area contributed by atoms with Gasteiger partial charge in [-0.15, -0.1) is 0 Å². The van der Waals surface area contributed by atoms with E-state index in [1.165, 1.54) is 6.07 Å². The van der Waals surface area contributed by atoms with Crippen LogP contribution in [0.4, 0.5) is 4.39 Å². The van der Waals surface area contributed by atoms with Crippen LogP contribution in [0.3, 0.4) is 0 Å². The second-order valence-corrected chi connectivity index (χ2v) is 5.65. The van der Waals surface area contributed by atoms with Crippen LogP contribution in [0.15, 0.2) is 24.3 Å². The topological polar surface area (TPSA) is 35.8 Å². The molecule has 0 aliphatic carbocycles. The van der Waals surface area contributed by atoms with Crippen LogP contribution in [0.25, 0.3) is 0 Å². The Labute approximate surface area is 115 Å². The van der Waals surface area contributed by atoms with E-state index in [4.69, 9.17) is 5.26 Å². The predicted octanol–water partition coefficient (Wildman–Crippen LogP) is 4.20. The van der Waals surface area contributed by atoms with Gasteiger partial charge in [-0.1, -0.05) is 24.6 Å². The Morgan fingerprint density at radius 3 is 2.63 bits per heavy atom. The number of hydrogen-bond acceptors (Lipinski definition) is 2. The van der Waals surface area contributed by atoms with Gasteiger partial charge in [-0.3, -0.25) is 0 Å². The highest BCUT2D eigenvalue weighted by molar-refractivity contribution is 5.20. The molecule has 0 fully saturated rings. The van der Waals surface area contributed by atoms with E-state index in [1.54, 1.807) is 6.07 Å². The van der Waals surface area contributed by atoms with Gasteiger partial charge in [0.2, 0.25) is 0 Å². The van der Waals surface area contributed by atoms with Gasteiger partial charge >= 0.3 is 0 Å². The molecule has 0 amide bonds. The number of nitrogens with zero attached hydrogens (tertiary/aromatic N) is 1. The number of benzene rings is 1. The largest absolute Gasteiger partial charge is 0.310 e. The fourth-order valence-corrected chi connectivity index (χ4v) is 2.00. The Bertz CT molecular complexity index is 435. The first-order valence-electron chi connectivity index (χ1n) is 6.85. The van der Waals surface area contributed by atoms with Crippen LogP contribution in [0.5, 0.6) is 0 Å². The van der Waals surface area contributed by atoms with Crippen LogP contribution in [-0.2, 0) is 0 Å². The van der Waals surface area contributed by atoms with Crippen molar-refractivity contribution in [1.82, 2.24) is 5.32 Å². The fraction of sp³-hybridized carbons (Fsp3) is 0.562. The molecular weight excluding hydrogens is 239 g/mol. The SMILES string of the molecule is CC(NCCCCC(C)(C)C#N)c1ccccc1F. The zero-order chi connectivity index (χ0) is 14.3. The van der Waals surface area contributed by atoms with E-state index in [1.807, 2.05) is 32.9 Å². The van der Waals surface area contributed by atoms with Crippen LogP contribution in [0, 0.1) is 22.6 Å². The van der Waals surface area contributed by atoms with Gasteiger partial charge in [-0.05, 0) is 46.2 Å². The van der Waals surface area contributed by atoms with E-state index in [2.05, 4.69) is 11.4 Å². The zero-order valence-electron chi connectivity index (χ0n) is 12.0. The van der Waals surface area contributed by atoms with E-state index >= 15 is 0 Å². The van der Waals surface area contributed by atoms with Crippen molar-refractivity contribution < 1.29 is 4.39 Å². The molecule has 0 saturated carbocycles. The normalized spacial score (nSPS) is 13.0. The maximum absolute atomic E-state index is 13.5. The molecule has 0 radical (unpaired) electrons. The van der Waals surface area contributed by atoms with Gasteiger partial charge in [0.1, 0.15) is 5.82 Å². The summed E-state index contributed by atoms with van der Waals surface area (Å²) in [5.41, 5.74) is 0.469.